The molecule has 0 radical (unpaired) electrons. The number of para-hydroxylation sites is 2. The van der Waals surface area contributed by atoms with Crippen LogP contribution in [0.5, 0.6) is 0 Å². The lowest BCUT2D eigenvalue weighted by atomic mass is 9.77. The van der Waals surface area contributed by atoms with Crippen LogP contribution in [0.2, 0.25) is 0 Å². The Morgan fingerprint density at radius 1 is 1.00 bits per heavy atom. The van der Waals surface area contributed by atoms with E-state index in [1.165, 1.54) is 5.56 Å². The summed E-state index contributed by atoms with van der Waals surface area (Å²) >= 11 is 0. The molecule has 3 N–H and O–H groups in total. The Morgan fingerprint density at radius 2 is 1.75 bits per heavy atom. The Kier molecular flexibility index (Phi) is 5.37. The third kappa shape index (κ3) is 4.05. The monoisotopic (exact) mass is 500 g/mol. The SMILES string of the molecule is O=C1CC(c2ccc(C[C@H](NC(=O)C3Cc4ccccc43)c3nc4ccccc4[nH]3)cc2)S(=O)(=O)N1. The molecule has 2 heterocycles. The fraction of sp³-hybridized carbons (Fsp3) is 0.222. The van der Waals surface area contributed by atoms with Crippen molar-refractivity contribution in [2.75, 3.05) is 0 Å². The fourth-order valence-corrected chi connectivity index (χ4v) is 6.50. The molecule has 8 nitrogen and oxygen atoms in total. The molecule has 3 atom stereocenters. The second-order valence-electron chi connectivity index (χ2n) is 9.36. The summed E-state index contributed by atoms with van der Waals surface area (Å²) in [5.41, 5.74) is 5.44. The molecule has 2 unspecified atom stereocenters. The summed E-state index contributed by atoms with van der Waals surface area (Å²) in [6, 6.07) is 22.4. The van der Waals surface area contributed by atoms with Gasteiger partial charge in [-0.05, 0) is 47.2 Å². The zero-order chi connectivity index (χ0) is 24.9. The lowest BCUT2D eigenvalue weighted by molar-refractivity contribution is -0.124. The molecular weight excluding hydrogens is 476 g/mol. The molecule has 1 fully saturated rings. The van der Waals surface area contributed by atoms with Crippen LogP contribution in [-0.4, -0.2) is 30.2 Å². The van der Waals surface area contributed by atoms with E-state index in [0.717, 1.165) is 22.2 Å². The predicted molar refractivity (Wildman–Crippen MR) is 134 cm³/mol. The van der Waals surface area contributed by atoms with Crippen molar-refractivity contribution in [1.29, 1.82) is 0 Å². The van der Waals surface area contributed by atoms with Crippen molar-refractivity contribution < 1.29 is 18.0 Å². The third-order valence-electron chi connectivity index (χ3n) is 7.02. The van der Waals surface area contributed by atoms with Crippen LogP contribution >= 0.6 is 0 Å². The lowest BCUT2D eigenvalue weighted by Gasteiger charge is -2.30. The number of fused-ring (bicyclic) bond motifs is 2. The molecule has 182 valence electrons. The molecule has 36 heavy (non-hydrogen) atoms. The number of aromatic amines is 1. The quantitative estimate of drug-likeness (QED) is 0.375. The van der Waals surface area contributed by atoms with Crippen LogP contribution in [0.1, 0.15) is 51.7 Å². The average molecular weight is 501 g/mol. The molecule has 0 saturated carbocycles. The van der Waals surface area contributed by atoms with E-state index in [-0.39, 0.29) is 18.2 Å². The first-order valence-corrected chi connectivity index (χ1v) is 13.4. The maximum Gasteiger partial charge on any atom is 0.242 e. The first-order valence-electron chi connectivity index (χ1n) is 11.8. The minimum atomic E-state index is -3.70. The minimum Gasteiger partial charge on any atom is -0.345 e. The van der Waals surface area contributed by atoms with Gasteiger partial charge < -0.3 is 10.3 Å². The Balaban J connectivity index is 1.26. The fourth-order valence-electron chi connectivity index (χ4n) is 5.07. The van der Waals surface area contributed by atoms with Gasteiger partial charge in [0.05, 0.1) is 29.4 Å². The summed E-state index contributed by atoms with van der Waals surface area (Å²) < 4.78 is 26.5. The molecule has 4 aromatic rings. The first-order chi connectivity index (χ1) is 17.4. The summed E-state index contributed by atoms with van der Waals surface area (Å²) in [6.07, 6.45) is 1.10. The first kappa shape index (κ1) is 22.5. The number of carbonyl (C=O) groups is 2. The molecule has 9 heteroatoms. The van der Waals surface area contributed by atoms with E-state index in [1.54, 1.807) is 12.1 Å². The van der Waals surface area contributed by atoms with Crippen LogP contribution in [0.3, 0.4) is 0 Å². The number of hydrogen-bond acceptors (Lipinski definition) is 5. The van der Waals surface area contributed by atoms with Gasteiger partial charge in [-0.3, -0.25) is 14.3 Å². The molecule has 1 saturated heterocycles. The number of hydrogen-bond donors (Lipinski definition) is 3. The number of rotatable bonds is 6. The van der Waals surface area contributed by atoms with Gasteiger partial charge in [-0.1, -0.05) is 60.7 Å². The van der Waals surface area contributed by atoms with Crippen LogP contribution in [0.25, 0.3) is 11.0 Å². The molecule has 1 aliphatic carbocycles. The van der Waals surface area contributed by atoms with E-state index in [4.69, 9.17) is 4.98 Å². The highest BCUT2D eigenvalue weighted by Gasteiger charge is 2.38. The van der Waals surface area contributed by atoms with E-state index in [9.17, 15) is 18.0 Å². The van der Waals surface area contributed by atoms with E-state index in [0.29, 0.717) is 24.2 Å². The number of amides is 2. The van der Waals surface area contributed by atoms with Crippen LogP contribution in [-0.2, 0) is 32.5 Å². The molecule has 0 spiro atoms. The smallest absolute Gasteiger partial charge is 0.242 e. The van der Waals surface area contributed by atoms with Crippen LogP contribution < -0.4 is 10.0 Å². The van der Waals surface area contributed by atoms with E-state index < -0.39 is 27.2 Å². The standard InChI is InChI=1S/C27H24N4O4S/c32-25-15-24(36(34,35)31-25)17-11-9-16(10-12-17)13-23(26-28-21-7-3-4-8-22(21)29-26)30-27(33)20-14-18-5-1-2-6-19(18)20/h1-12,20,23-24H,13-15H2,(H,28,29)(H,30,33)(H,31,32)/t20?,23-,24?/m0/s1. The van der Waals surface area contributed by atoms with Crippen molar-refractivity contribution in [3.63, 3.8) is 0 Å². The molecule has 0 bridgehead atoms. The zero-order valence-corrected chi connectivity index (χ0v) is 20.1. The second kappa shape index (κ2) is 8.60. The van der Waals surface area contributed by atoms with Gasteiger partial charge in [0.1, 0.15) is 11.1 Å². The van der Waals surface area contributed by atoms with Gasteiger partial charge in [-0.25, -0.2) is 13.4 Å². The zero-order valence-electron chi connectivity index (χ0n) is 19.3. The topological polar surface area (TPSA) is 121 Å². The highest BCUT2D eigenvalue weighted by Crippen LogP contribution is 2.36. The van der Waals surface area contributed by atoms with Gasteiger partial charge in [0.25, 0.3) is 0 Å². The van der Waals surface area contributed by atoms with Crippen molar-refractivity contribution in [1.82, 2.24) is 20.0 Å². The summed E-state index contributed by atoms with van der Waals surface area (Å²) in [4.78, 5) is 32.9. The van der Waals surface area contributed by atoms with E-state index in [1.807, 2.05) is 65.4 Å². The second-order valence-corrected chi connectivity index (χ2v) is 11.2. The summed E-state index contributed by atoms with van der Waals surface area (Å²) in [5, 5.41) is 2.31. The van der Waals surface area contributed by atoms with Crippen LogP contribution in [0, 0.1) is 0 Å². The molecule has 2 amide bonds. The highest BCUT2D eigenvalue weighted by atomic mass is 32.2. The van der Waals surface area contributed by atoms with Crippen molar-refractivity contribution in [3.05, 3.63) is 101 Å². The largest absolute Gasteiger partial charge is 0.345 e. The number of imidazole rings is 1. The van der Waals surface area contributed by atoms with Crippen molar-refractivity contribution >= 4 is 32.9 Å². The average Bonchev–Trinajstić information content (AvgIpc) is 3.39. The van der Waals surface area contributed by atoms with Gasteiger partial charge in [0.15, 0.2) is 0 Å². The van der Waals surface area contributed by atoms with Crippen LogP contribution in [0.4, 0.5) is 0 Å². The van der Waals surface area contributed by atoms with E-state index >= 15 is 0 Å². The van der Waals surface area contributed by atoms with Crippen molar-refractivity contribution in [2.45, 2.75) is 36.5 Å². The third-order valence-corrected chi connectivity index (χ3v) is 8.72. The van der Waals surface area contributed by atoms with Crippen molar-refractivity contribution in [2.24, 2.45) is 0 Å². The normalized spacial score (nSPS) is 20.8. The number of carbonyl (C=O) groups excluding carboxylic acids is 2. The Labute approximate surface area is 208 Å². The Bertz CT molecular complexity index is 1560. The van der Waals surface area contributed by atoms with Gasteiger partial charge >= 0.3 is 0 Å². The Morgan fingerprint density at radius 3 is 2.47 bits per heavy atom. The molecule has 6 rings (SSSR count). The number of H-pyrrole nitrogens is 1. The molecule has 2 aliphatic rings. The van der Waals surface area contributed by atoms with Gasteiger partial charge in [-0.15, -0.1) is 0 Å². The summed E-state index contributed by atoms with van der Waals surface area (Å²) in [5.74, 6) is -0.0609. The summed E-state index contributed by atoms with van der Waals surface area (Å²) in [7, 11) is -3.70. The number of aromatic nitrogens is 2. The predicted octanol–water partition coefficient (Wildman–Crippen LogP) is 3.19. The van der Waals surface area contributed by atoms with Gasteiger partial charge in [0, 0.05) is 0 Å². The van der Waals surface area contributed by atoms with Gasteiger partial charge in [-0.2, -0.15) is 0 Å². The van der Waals surface area contributed by atoms with Crippen molar-refractivity contribution in [3.8, 4) is 0 Å². The molecule has 3 aromatic carbocycles. The minimum absolute atomic E-state index is 0.0441. The highest BCUT2D eigenvalue weighted by molar-refractivity contribution is 7.90. The molecule has 1 aliphatic heterocycles. The Hall–Kier alpha value is -3.98. The maximum atomic E-state index is 13.2. The lowest BCUT2D eigenvalue weighted by Crippen LogP contribution is -2.38. The number of benzene rings is 3. The molecular formula is C27H24N4O4S. The maximum absolute atomic E-state index is 13.2. The van der Waals surface area contributed by atoms with Crippen LogP contribution in [0.15, 0.2) is 72.8 Å². The summed E-state index contributed by atoms with van der Waals surface area (Å²) in [6.45, 7) is 0. The van der Waals surface area contributed by atoms with E-state index in [2.05, 4.69) is 10.3 Å². The number of sulfonamides is 1. The molecule has 1 aromatic heterocycles. The number of nitrogens with one attached hydrogen (secondary N) is 3. The number of nitrogens with zero attached hydrogens (tertiary/aromatic N) is 1. The van der Waals surface area contributed by atoms with Gasteiger partial charge in [0.2, 0.25) is 21.8 Å².